The highest BCUT2D eigenvalue weighted by Gasteiger charge is 2.00. The van der Waals surface area contributed by atoms with Crippen molar-refractivity contribution in [3.63, 3.8) is 0 Å². The Morgan fingerprint density at radius 1 is 1.38 bits per heavy atom. The van der Waals surface area contributed by atoms with Crippen molar-refractivity contribution < 1.29 is 4.48 Å². The summed E-state index contributed by atoms with van der Waals surface area (Å²) < 4.78 is 0.934. The predicted molar refractivity (Wildman–Crippen MR) is 37.9 cm³/mol. The first-order valence-corrected chi connectivity index (χ1v) is 3.05. The topological polar surface area (TPSA) is 0 Å². The van der Waals surface area contributed by atoms with Crippen LogP contribution in [-0.4, -0.2) is 32.2 Å². The first-order valence-electron chi connectivity index (χ1n) is 2.62. The molecule has 48 valence electrons. The Kier molecular flexibility index (Phi) is 3.10. The molecule has 1 nitrogen and oxygen atoms in total. The van der Waals surface area contributed by atoms with Gasteiger partial charge in [0.25, 0.3) is 0 Å². The van der Waals surface area contributed by atoms with Crippen LogP contribution in [0.5, 0.6) is 0 Å². The molecule has 0 fully saturated rings. The second-order valence-corrected chi connectivity index (χ2v) is 3.09. The summed E-state index contributed by atoms with van der Waals surface area (Å²) in [5.74, 6) is 0. The van der Waals surface area contributed by atoms with Crippen LogP contribution in [0.15, 0.2) is 11.6 Å². The molecular weight excluding hydrogens is 122 g/mol. The quantitative estimate of drug-likeness (QED) is 0.502. The van der Waals surface area contributed by atoms with Crippen molar-refractivity contribution in [3.8, 4) is 0 Å². The van der Waals surface area contributed by atoms with Gasteiger partial charge >= 0.3 is 0 Å². The lowest BCUT2D eigenvalue weighted by atomic mass is 10.5. The van der Waals surface area contributed by atoms with E-state index in [4.69, 9.17) is 11.6 Å². The maximum Gasteiger partial charge on any atom is 0.0979 e. The van der Waals surface area contributed by atoms with Crippen LogP contribution < -0.4 is 0 Å². The van der Waals surface area contributed by atoms with Gasteiger partial charge in [-0.25, -0.2) is 0 Å². The van der Waals surface area contributed by atoms with E-state index in [0.29, 0.717) is 0 Å². The molecule has 0 bridgehead atoms. The standard InChI is InChI=1S/C6H13ClN/c1-8(2,3)6-4-5-7/h4-5H,6H2,1-3H3/q+1. The van der Waals surface area contributed by atoms with Gasteiger partial charge in [-0.15, -0.1) is 0 Å². The summed E-state index contributed by atoms with van der Waals surface area (Å²) >= 11 is 5.32. The van der Waals surface area contributed by atoms with Crippen LogP contribution in [0.25, 0.3) is 0 Å². The number of halogens is 1. The van der Waals surface area contributed by atoms with E-state index in [1.54, 1.807) is 5.54 Å². The van der Waals surface area contributed by atoms with E-state index in [-0.39, 0.29) is 0 Å². The summed E-state index contributed by atoms with van der Waals surface area (Å²) in [6.07, 6.45) is 1.95. The van der Waals surface area contributed by atoms with E-state index >= 15 is 0 Å². The molecule has 8 heavy (non-hydrogen) atoms. The Labute approximate surface area is 56.1 Å². The first kappa shape index (κ1) is 7.99. The highest BCUT2D eigenvalue weighted by atomic mass is 35.5. The van der Waals surface area contributed by atoms with Crippen LogP contribution in [-0.2, 0) is 0 Å². The third-order valence-corrected chi connectivity index (χ3v) is 0.920. The van der Waals surface area contributed by atoms with Crippen LogP contribution >= 0.6 is 11.6 Å². The third kappa shape index (κ3) is 5.99. The van der Waals surface area contributed by atoms with E-state index in [2.05, 4.69) is 21.1 Å². The molecule has 0 amide bonds. The van der Waals surface area contributed by atoms with Gasteiger partial charge in [0.2, 0.25) is 0 Å². The highest BCUT2D eigenvalue weighted by molar-refractivity contribution is 6.25. The Balaban J connectivity index is 3.39. The third-order valence-electron chi connectivity index (χ3n) is 0.742. The van der Waals surface area contributed by atoms with Gasteiger partial charge in [-0.05, 0) is 6.08 Å². The van der Waals surface area contributed by atoms with Gasteiger partial charge in [0.15, 0.2) is 0 Å². The predicted octanol–water partition coefficient (Wildman–Crippen LogP) is 1.45. The Morgan fingerprint density at radius 2 is 1.88 bits per heavy atom. The zero-order valence-electron chi connectivity index (χ0n) is 5.69. The van der Waals surface area contributed by atoms with E-state index < -0.39 is 0 Å². The normalized spacial score (nSPS) is 13.0. The summed E-state index contributed by atoms with van der Waals surface area (Å²) in [6.45, 7) is 0.990. The molecule has 0 rings (SSSR count). The molecule has 0 aliphatic rings. The molecule has 0 atom stereocenters. The van der Waals surface area contributed by atoms with Gasteiger partial charge in [-0.1, -0.05) is 11.6 Å². The Bertz CT molecular complexity index is 81.0. The molecule has 0 unspecified atom stereocenters. The second-order valence-electron chi connectivity index (χ2n) is 2.83. The number of hydrogen-bond acceptors (Lipinski definition) is 0. The molecule has 0 aromatic heterocycles. The fourth-order valence-electron chi connectivity index (χ4n) is 0.356. The SMILES string of the molecule is C[N+](C)(C)CC=CCl. The molecule has 0 saturated heterocycles. The van der Waals surface area contributed by atoms with Crippen molar-refractivity contribution >= 4 is 11.6 Å². The maximum atomic E-state index is 5.32. The maximum absolute atomic E-state index is 5.32. The smallest absolute Gasteiger partial charge is 0.0979 e. The van der Waals surface area contributed by atoms with Crippen molar-refractivity contribution in [2.75, 3.05) is 27.7 Å². The van der Waals surface area contributed by atoms with Crippen LogP contribution in [0, 0.1) is 0 Å². The summed E-state index contributed by atoms with van der Waals surface area (Å²) in [4.78, 5) is 0. The molecule has 0 spiro atoms. The average molecular weight is 135 g/mol. The number of quaternary nitrogens is 1. The van der Waals surface area contributed by atoms with E-state index in [0.717, 1.165) is 11.0 Å². The fraction of sp³-hybridized carbons (Fsp3) is 0.667. The fourth-order valence-corrected chi connectivity index (χ4v) is 0.436. The minimum atomic E-state index is 0.934. The van der Waals surface area contributed by atoms with Gasteiger partial charge in [-0.2, -0.15) is 0 Å². The van der Waals surface area contributed by atoms with E-state index in [9.17, 15) is 0 Å². The molecule has 0 N–H and O–H groups in total. The van der Waals surface area contributed by atoms with Crippen molar-refractivity contribution in [2.45, 2.75) is 0 Å². The average Bonchev–Trinajstić information content (AvgIpc) is 1.59. The lowest BCUT2D eigenvalue weighted by Crippen LogP contribution is -2.34. The largest absolute Gasteiger partial charge is 0.328 e. The molecule has 0 saturated carbocycles. The highest BCUT2D eigenvalue weighted by Crippen LogP contribution is 1.90. The van der Waals surface area contributed by atoms with Gasteiger partial charge in [-0.3, -0.25) is 0 Å². The summed E-state index contributed by atoms with van der Waals surface area (Å²) in [5.41, 5.74) is 1.56. The monoisotopic (exact) mass is 134 g/mol. The number of likely N-dealkylation sites (N-methyl/N-ethyl adjacent to an activating group) is 1. The van der Waals surface area contributed by atoms with Gasteiger partial charge in [0, 0.05) is 5.54 Å². The molecule has 0 aromatic rings. The number of nitrogens with zero attached hydrogens (tertiary/aromatic N) is 1. The number of rotatable bonds is 2. The van der Waals surface area contributed by atoms with E-state index in [1.165, 1.54) is 0 Å². The van der Waals surface area contributed by atoms with Crippen molar-refractivity contribution in [2.24, 2.45) is 0 Å². The molecule has 2 heteroatoms. The minimum absolute atomic E-state index is 0.934. The molecule has 0 heterocycles. The molecule has 0 aliphatic heterocycles. The summed E-state index contributed by atoms with van der Waals surface area (Å²) in [5, 5.41) is 0. The van der Waals surface area contributed by atoms with Gasteiger partial charge in [0.05, 0.1) is 27.7 Å². The Hall–Kier alpha value is -0.0100. The zero-order chi connectivity index (χ0) is 6.62. The second kappa shape index (κ2) is 3.10. The first-order chi connectivity index (χ1) is 3.56. The molecule has 0 aliphatic carbocycles. The zero-order valence-corrected chi connectivity index (χ0v) is 6.44. The van der Waals surface area contributed by atoms with Crippen LogP contribution in [0.2, 0.25) is 0 Å². The van der Waals surface area contributed by atoms with Crippen LogP contribution in [0.4, 0.5) is 0 Å². The lowest BCUT2D eigenvalue weighted by molar-refractivity contribution is -0.864. The number of hydrogen-bond donors (Lipinski definition) is 0. The lowest BCUT2D eigenvalue weighted by Gasteiger charge is -2.21. The molecular formula is C6H13ClN+. The van der Waals surface area contributed by atoms with Crippen molar-refractivity contribution in [3.05, 3.63) is 11.6 Å². The molecule has 0 aromatic carbocycles. The minimum Gasteiger partial charge on any atom is -0.328 e. The summed E-state index contributed by atoms with van der Waals surface area (Å²) in [7, 11) is 6.37. The van der Waals surface area contributed by atoms with E-state index in [1.807, 2.05) is 6.08 Å². The van der Waals surface area contributed by atoms with Crippen molar-refractivity contribution in [1.82, 2.24) is 0 Å². The van der Waals surface area contributed by atoms with Crippen molar-refractivity contribution in [1.29, 1.82) is 0 Å². The van der Waals surface area contributed by atoms with Crippen LogP contribution in [0.3, 0.4) is 0 Å². The Morgan fingerprint density at radius 3 is 2.00 bits per heavy atom. The van der Waals surface area contributed by atoms with Gasteiger partial charge < -0.3 is 4.48 Å². The van der Waals surface area contributed by atoms with Crippen LogP contribution in [0.1, 0.15) is 0 Å². The summed E-state index contributed by atoms with van der Waals surface area (Å²) in [6, 6.07) is 0. The van der Waals surface area contributed by atoms with Gasteiger partial charge in [0.1, 0.15) is 0 Å². The molecule has 0 radical (unpaired) electrons.